The van der Waals surface area contributed by atoms with E-state index in [-0.39, 0.29) is 11.9 Å². The summed E-state index contributed by atoms with van der Waals surface area (Å²) in [5.74, 6) is 0.874. The molecule has 150 valence electrons. The zero-order valence-corrected chi connectivity index (χ0v) is 16.6. The lowest BCUT2D eigenvalue weighted by Crippen LogP contribution is -2.50. The molecule has 1 fully saturated rings. The molecule has 0 bridgehead atoms. The standard InChI is InChI=1S/C23H26N4O2/c1-25-13-12-21(24-25)23(28)27-16-14-26(15-17-27)22(19-8-4-2-5-9-19)18-29-20-10-6-3-7-11-20/h2-13,22H,14-18H2,1H3. The number of aryl methyl sites for hydroxylation is 1. The van der Waals surface area contributed by atoms with E-state index in [1.54, 1.807) is 16.9 Å². The van der Waals surface area contributed by atoms with Crippen molar-refractivity contribution in [3.63, 3.8) is 0 Å². The van der Waals surface area contributed by atoms with Crippen LogP contribution in [0.15, 0.2) is 72.9 Å². The summed E-state index contributed by atoms with van der Waals surface area (Å²) in [6, 6.07) is 22.3. The average Bonchev–Trinajstić information content (AvgIpc) is 3.22. The van der Waals surface area contributed by atoms with Crippen LogP contribution in [0, 0.1) is 0 Å². The van der Waals surface area contributed by atoms with Gasteiger partial charge in [0, 0.05) is 39.4 Å². The van der Waals surface area contributed by atoms with Crippen molar-refractivity contribution in [2.75, 3.05) is 32.8 Å². The highest BCUT2D eigenvalue weighted by Gasteiger charge is 2.28. The van der Waals surface area contributed by atoms with Gasteiger partial charge in [0.05, 0.1) is 6.04 Å². The number of aromatic nitrogens is 2. The Morgan fingerprint density at radius 1 is 0.966 bits per heavy atom. The smallest absolute Gasteiger partial charge is 0.274 e. The highest BCUT2D eigenvalue weighted by molar-refractivity contribution is 5.92. The lowest BCUT2D eigenvalue weighted by atomic mass is 10.0. The van der Waals surface area contributed by atoms with Gasteiger partial charge in [0.1, 0.15) is 18.1 Å². The summed E-state index contributed by atoms with van der Waals surface area (Å²) in [6.45, 7) is 3.54. The second-order valence-corrected chi connectivity index (χ2v) is 7.25. The van der Waals surface area contributed by atoms with Crippen LogP contribution in [0.5, 0.6) is 5.75 Å². The van der Waals surface area contributed by atoms with Crippen molar-refractivity contribution in [1.82, 2.24) is 19.6 Å². The molecular formula is C23H26N4O2. The highest BCUT2D eigenvalue weighted by Crippen LogP contribution is 2.24. The van der Waals surface area contributed by atoms with E-state index in [0.717, 1.165) is 18.8 Å². The maximum Gasteiger partial charge on any atom is 0.274 e. The Morgan fingerprint density at radius 3 is 2.24 bits per heavy atom. The second kappa shape index (κ2) is 8.92. The number of ether oxygens (including phenoxy) is 1. The summed E-state index contributed by atoms with van der Waals surface area (Å²) >= 11 is 0. The molecule has 1 unspecified atom stereocenters. The number of para-hydroxylation sites is 1. The van der Waals surface area contributed by atoms with Crippen LogP contribution in [0.1, 0.15) is 22.1 Å². The minimum Gasteiger partial charge on any atom is -0.492 e. The third-order valence-electron chi connectivity index (χ3n) is 5.31. The quantitative estimate of drug-likeness (QED) is 0.649. The van der Waals surface area contributed by atoms with Crippen LogP contribution in [0.3, 0.4) is 0 Å². The normalized spacial score (nSPS) is 15.8. The summed E-state index contributed by atoms with van der Waals surface area (Å²) in [5, 5.41) is 4.24. The van der Waals surface area contributed by atoms with E-state index < -0.39 is 0 Å². The molecular weight excluding hydrogens is 364 g/mol. The molecule has 0 saturated carbocycles. The number of benzene rings is 2. The van der Waals surface area contributed by atoms with E-state index in [0.29, 0.717) is 25.4 Å². The molecule has 1 aromatic heterocycles. The Kier molecular flexibility index (Phi) is 5.91. The van der Waals surface area contributed by atoms with Gasteiger partial charge in [-0.25, -0.2) is 0 Å². The van der Waals surface area contributed by atoms with Gasteiger partial charge >= 0.3 is 0 Å². The van der Waals surface area contributed by atoms with E-state index in [9.17, 15) is 4.79 Å². The Labute approximate surface area is 171 Å². The fourth-order valence-corrected chi connectivity index (χ4v) is 3.71. The van der Waals surface area contributed by atoms with E-state index >= 15 is 0 Å². The Bertz CT molecular complexity index is 918. The maximum atomic E-state index is 12.7. The first-order chi connectivity index (χ1) is 14.2. The fraction of sp³-hybridized carbons (Fsp3) is 0.304. The largest absolute Gasteiger partial charge is 0.492 e. The number of nitrogens with zero attached hydrogens (tertiary/aromatic N) is 4. The number of amides is 1. The number of rotatable bonds is 6. The second-order valence-electron chi connectivity index (χ2n) is 7.25. The topological polar surface area (TPSA) is 50.6 Å². The third kappa shape index (κ3) is 4.66. The van der Waals surface area contributed by atoms with E-state index in [2.05, 4.69) is 34.3 Å². The first-order valence-corrected chi connectivity index (χ1v) is 9.96. The molecule has 1 atom stereocenters. The SMILES string of the molecule is Cn1ccc(C(=O)N2CCN(C(COc3ccccc3)c3ccccc3)CC2)n1. The molecule has 2 aromatic carbocycles. The van der Waals surface area contributed by atoms with Crippen molar-refractivity contribution in [3.8, 4) is 5.75 Å². The molecule has 6 heteroatoms. The maximum absolute atomic E-state index is 12.7. The lowest BCUT2D eigenvalue weighted by Gasteiger charge is -2.39. The highest BCUT2D eigenvalue weighted by atomic mass is 16.5. The zero-order chi connectivity index (χ0) is 20.1. The van der Waals surface area contributed by atoms with Crippen molar-refractivity contribution in [2.45, 2.75) is 6.04 Å². The summed E-state index contributed by atoms with van der Waals surface area (Å²) in [5.41, 5.74) is 1.74. The monoisotopic (exact) mass is 390 g/mol. The molecule has 4 rings (SSSR count). The first kappa shape index (κ1) is 19.2. The van der Waals surface area contributed by atoms with Crippen molar-refractivity contribution < 1.29 is 9.53 Å². The molecule has 1 saturated heterocycles. The predicted octanol–water partition coefficient (Wildman–Crippen LogP) is 3.00. The molecule has 0 N–H and O–H groups in total. The zero-order valence-electron chi connectivity index (χ0n) is 16.6. The molecule has 1 aliphatic heterocycles. The number of carbonyl (C=O) groups excluding carboxylic acids is 1. The van der Waals surface area contributed by atoms with Gasteiger partial charge in [-0.1, -0.05) is 48.5 Å². The summed E-state index contributed by atoms with van der Waals surface area (Å²) in [6.07, 6.45) is 1.80. The molecule has 1 amide bonds. The number of hydrogen-bond donors (Lipinski definition) is 0. The van der Waals surface area contributed by atoms with E-state index in [1.165, 1.54) is 5.56 Å². The summed E-state index contributed by atoms with van der Waals surface area (Å²) in [4.78, 5) is 17.0. The lowest BCUT2D eigenvalue weighted by molar-refractivity contribution is 0.0494. The molecule has 0 aliphatic carbocycles. The van der Waals surface area contributed by atoms with Gasteiger partial charge in [0.15, 0.2) is 0 Å². The van der Waals surface area contributed by atoms with Gasteiger partial charge in [-0.05, 0) is 23.8 Å². The van der Waals surface area contributed by atoms with Crippen molar-refractivity contribution in [1.29, 1.82) is 0 Å². The molecule has 0 radical (unpaired) electrons. The number of piperazine rings is 1. The molecule has 2 heterocycles. The predicted molar refractivity (Wildman–Crippen MR) is 112 cm³/mol. The van der Waals surface area contributed by atoms with Crippen molar-refractivity contribution in [2.24, 2.45) is 7.05 Å². The molecule has 6 nitrogen and oxygen atoms in total. The molecule has 1 aliphatic rings. The van der Waals surface area contributed by atoms with E-state index in [4.69, 9.17) is 4.74 Å². The van der Waals surface area contributed by atoms with Crippen LogP contribution in [0.2, 0.25) is 0 Å². The number of carbonyl (C=O) groups is 1. The van der Waals surface area contributed by atoms with Crippen LogP contribution < -0.4 is 4.74 Å². The van der Waals surface area contributed by atoms with Gasteiger partial charge in [-0.3, -0.25) is 14.4 Å². The van der Waals surface area contributed by atoms with Crippen LogP contribution in [-0.4, -0.2) is 58.3 Å². The molecule has 0 spiro atoms. The molecule has 29 heavy (non-hydrogen) atoms. The van der Waals surface area contributed by atoms with Gasteiger partial charge < -0.3 is 9.64 Å². The third-order valence-corrected chi connectivity index (χ3v) is 5.31. The fourth-order valence-electron chi connectivity index (χ4n) is 3.71. The Balaban J connectivity index is 1.42. The minimum atomic E-state index is 0.00190. The van der Waals surface area contributed by atoms with Gasteiger partial charge in [-0.2, -0.15) is 5.10 Å². The van der Waals surface area contributed by atoms with Crippen LogP contribution in [0.25, 0.3) is 0 Å². The summed E-state index contributed by atoms with van der Waals surface area (Å²) < 4.78 is 7.75. The van der Waals surface area contributed by atoms with E-state index in [1.807, 2.05) is 48.3 Å². The Morgan fingerprint density at radius 2 is 1.62 bits per heavy atom. The average molecular weight is 390 g/mol. The van der Waals surface area contributed by atoms with Gasteiger partial charge in [-0.15, -0.1) is 0 Å². The van der Waals surface area contributed by atoms with Crippen LogP contribution >= 0.6 is 0 Å². The first-order valence-electron chi connectivity index (χ1n) is 9.96. The molecule has 3 aromatic rings. The minimum absolute atomic E-state index is 0.00190. The van der Waals surface area contributed by atoms with Crippen LogP contribution in [0.4, 0.5) is 0 Å². The van der Waals surface area contributed by atoms with Crippen LogP contribution in [-0.2, 0) is 7.05 Å². The summed E-state index contributed by atoms with van der Waals surface area (Å²) in [7, 11) is 1.83. The van der Waals surface area contributed by atoms with Crippen molar-refractivity contribution in [3.05, 3.63) is 84.2 Å². The Hall–Kier alpha value is -3.12. The van der Waals surface area contributed by atoms with Gasteiger partial charge in [0.2, 0.25) is 0 Å². The number of hydrogen-bond acceptors (Lipinski definition) is 4. The van der Waals surface area contributed by atoms with Crippen molar-refractivity contribution >= 4 is 5.91 Å². The van der Waals surface area contributed by atoms with Gasteiger partial charge in [0.25, 0.3) is 5.91 Å².